The van der Waals surface area contributed by atoms with E-state index in [0.717, 1.165) is 22.2 Å². The third-order valence-electron chi connectivity index (χ3n) is 5.55. The van der Waals surface area contributed by atoms with Gasteiger partial charge in [-0.25, -0.2) is 0 Å². The van der Waals surface area contributed by atoms with Gasteiger partial charge in [0.05, 0.1) is 5.69 Å². The molecule has 0 bridgehead atoms. The minimum atomic E-state index is 0.993. The molecule has 0 N–H and O–H groups in total. The smallest absolute Gasteiger partial charge is 0.0704 e. The third kappa shape index (κ3) is 3.25. The maximum absolute atomic E-state index is 4.57. The minimum Gasteiger partial charge on any atom is -0.265 e. The maximum Gasteiger partial charge on any atom is 0.0704 e. The van der Waals surface area contributed by atoms with E-state index in [4.69, 9.17) is 0 Å². The van der Waals surface area contributed by atoms with E-state index in [0.29, 0.717) is 0 Å². The summed E-state index contributed by atoms with van der Waals surface area (Å²) < 4.78 is 0. The van der Waals surface area contributed by atoms with Gasteiger partial charge in [0.25, 0.3) is 0 Å². The molecule has 0 radical (unpaired) electrons. The number of aryl methyl sites for hydroxylation is 2. The second-order valence-electron chi connectivity index (χ2n) is 7.57. The number of rotatable bonds is 3. The molecule has 3 aromatic heterocycles. The Hall–Kier alpha value is -3.85. The number of fused-ring (bicyclic) bond motifs is 1. The predicted octanol–water partition coefficient (Wildman–Crippen LogP) is 6.64. The van der Waals surface area contributed by atoms with Crippen molar-refractivity contribution in [2.75, 3.05) is 0 Å². The zero-order chi connectivity index (χ0) is 20.5. The first kappa shape index (κ1) is 18.2. The van der Waals surface area contributed by atoms with Crippen LogP contribution in [0.1, 0.15) is 11.1 Å². The van der Waals surface area contributed by atoms with Crippen LogP contribution < -0.4 is 0 Å². The highest BCUT2D eigenvalue weighted by Crippen LogP contribution is 2.37. The number of nitrogens with zero attached hydrogens (tertiary/aromatic N) is 3. The Morgan fingerprint density at radius 1 is 0.567 bits per heavy atom. The summed E-state index contributed by atoms with van der Waals surface area (Å²) >= 11 is 0. The van der Waals surface area contributed by atoms with Gasteiger partial charge in [0.1, 0.15) is 0 Å². The zero-order valence-corrected chi connectivity index (χ0v) is 17.0. The Balaban J connectivity index is 1.72. The molecule has 5 rings (SSSR count). The van der Waals surface area contributed by atoms with Crippen LogP contribution in [0.3, 0.4) is 0 Å². The average Bonchev–Trinajstić information content (AvgIpc) is 2.79. The Kier molecular flexibility index (Phi) is 4.56. The van der Waals surface area contributed by atoms with E-state index in [1.54, 1.807) is 0 Å². The number of pyridine rings is 3. The summed E-state index contributed by atoms with van der Waals surface area (Å²) in [5, 5.41) is 2.33. The molecule has 2 aromatic carbocycles. The van der Waals surface area contributed by atoms with Crippen molar-refractivity contribution >= 4 is 10.8 Å². The molecule has 0 spiro atoms. The normalized spacial score (nSPS) is 11.0. The molecule has 0 amide bonds. The van der Waals surface area contributed by atoms with E-state index >= 15 is 0 Å². The summed E-state index contributed by atoms with van der Waals surface area (Å²) in [7, 11) is 0. The lowest BCUT2D eigenvalue weighted by atomic mass is 9.90. The summed E-state index contributed by atoms with van der Waals surface area (Å²) in [5.74, 6) is 0. The molecule has 0 aliphatic carbocycles. The minimum absolute atomic E-state index is 0.993. The standard InChI is InChI=1S/C27H21N3/c1-18-7-14-30-27(15-18)21-4-3-19(2)25(16-21)23-6-5-22(20-8-11-28-12-9-20)24-10-13-29-17-26(23)24/h3-17H,1-2H3. The highest BCUT2D eigenvalue weighted by atomic mass is 14.7. The summed E-state index contributed by atoms with van der Waals surface area (Å²) in [4.78, 5) is 13.2. The first-order valence-corrected chi connectivity index (χ1v) is 10.0. The predicted molar refractivity (Wildman–Crippen MR) is 123 cm³/mol. The molecule has 0 atom stereocenters. The van der Waals surface area contributed by atoms with Crippen LogP contribution in [0.2, 0.25) is 0 Å². The van der Waals surface area contributed by atoms with Gasteiger partial charge in [-0.3, -0.25) is 15.0 Å². The average molecular weight is 387 g/mol. The SMILES string of the molecule is Cc1ccnc(-c2ccc(C)c(-c3ccc(-c4ccncc4)c4ccncc34)c2)c1. The first-order valence-electron chi connectivity index (χ1n) is 10.0. The molecule has 144 valence electrons. The lowest BCUT2D eigenvalue weighted by Gasteiger charge is -2.14. The fourth-order valence-corrected chi connectivity index (χ4v) is 3.97. The number of aromatic nitrogens is 3. The second kappa shape index (κ2) is 7.53. The molecule has 0 saturated heterocycles. The molecule has 3 nitrogen and oxygen atoms in total. The van der Waals surface area contributed by atoms with Crippen LogP contribution in [0.15, 0.2) is 91.6 Å². The first-order chi connectivity index (χ1) is 14.7. The Bertz CT molecular complexity index is 1360. The molecular formula is C27H21N3. The van der Waals surface area contributed by atoms with Crippen molar-refractivity contribution in [3.63, 3.8) is 0 Å². The second-order valence-corrected chi connectivity index (χ2v) is 7.57. The van der Waals surface area contributed by atoms with E-state index in [-0.39, 0.29) is 0 Å². The molecule has 0 aliphatic heterocycles. The quantitative estimate of drug-likeness (QED) is 0.348. The van der Waals surface area contributed by atoms with Crippen molar-refractivity contribution in [3.05, 3.63) is 103 Å². The highest BCUT2D eigenvalue weighted by molar-refractivity contribution is 6.05. The third-order valence-corrected chi connectivity index (χ3v) is 5.55. The van der Waals surface area contributed by atoms with Crippen molar-refractivity contribution < 1.29 is 0 Å². The topological polar surface area (TPSA) is 38.7 Å². The molecule has 0 unspecified atom stereocenters. The van der Waals surface area contributed by atoms with Gasteiger partial charge in [0.2, 0.25) is 0 Å². The Morgan fingerprint density at radius 3 is 2.20 bits per heavy atom. The fraction of sp³-hybridized carbons (Fsp3) is 0.0741. The van der Waals surface area contributed by atoms with E-state index in [1.165, 1.54) is 33.2 Å². The van der Waals surface area contributed by atoms with Crippen molar-refractivity contribution in [1.29, 1.82) is 0 Å². The van der Waals surface area contributed by atoms with Gasteiger partial charge in [0, 0.05) is 41.9 Å². The molecular weight excluding hydrogens is 366 g/mol. The summed E-state index contributed by atoms with van der Waals surface area (Å²) in [5.41, 5.74) is 9.28. The van der Waals surface area contributed by atoms with E-state index in [1.807, 2.05) is 49.2 Å². The van der Waals surface area contributed by atoms with Crippen molar-refractivity contribution in [1.82, 2.24) is 15.0 Å². The molecule has 3 heterocycles. The summed E-state index contributed by atoms with van der Waals surface area (Å²) in [6.45, 7) is 4.25. The molecule has 5 aromatic rings. The van der Waals surface area contributed by atoms with E-state index in [9.17, 15) is 0 Å². The van der Waals surface area contributed by atoms with E-state index in [2.05, 4.69) is 71.3 Å². The fourth-order valence-electron chi connectivity index (χ4n) is 3.97. The number of hydrogen-bond acceptors (Lipinski definition) is 3. The van der Waals surface area contributed by atoms with Gasteiger partial charge in [-0.15, -0.1) is 0 Å². The van der Waals surface area contributed by atoms with Crippen molar-refractivity contribution in [2.24, 2.45) is 0 Å². The lowest BCUT2D eigenvalue weighted by molar-refractivity contribution is 1.28. The van der Waals surface area contributed by atoms with Crippen LogP contribution in [0, 0.1) is 13.8 Å². The summed E-state index contributed by atoms with van der Waals surface area (Å²) in [6.07, 6.45) is 9.35. The molecule has 0 fully saturated rings. The Labute approximate surface area is 176 Å². The van der Waals surface area contributed by atoms with Crippen LogP contribution in [-0.4, -0.2) is 15.0 Å². The van der Waals surface area contributed by atoms with Crippen LogP contribution in [0.25, 0.3) is 44.3 Å². The molecule has 3 heteroatoms. The zero-order valence-electron chi connectivity index (χ0n) is 17.0. The van der Waals surface area contributed by atoms with Crippen LogP contribution in [0.5, 0.6) is 0 Å². The summed E-state index contributed by atoms with van der Waals surface area (Å²) in [6, 6.07) is 21.3. The largest absolute Gasteiger partial charge is 0.265 e. The van der Waals surface area contributed by atoms with Gasteiger partial charge in [-0.05, 0) is 89.0 Å². The van der Waals surface area contributed by atoms with Gasteiger partial charge < -0.3 is 0 Å². The van der Waals surface area contributed by atoms with Crippen LogP contribution >= 0.6 is 0 Å². The van der Waals surface area contributed by atoms with Gasteiger partial charge in [-0.1, -0.05) is 24.3 Å². The number of benzene rings is 2. The Morgan fingerprint density at radius 2 is 1.37 bits per heavy atom. The van der Waals surface area contributed by atoms with Gasteiger partial charge in [0.15, 0.2) is 0 Å². The van der Waals surface area contributed by atoms with Gasteiger partial charge in [-0.2, -0.15) is 0 Å². The molecule has 30 heavy (non-hydrogen) atoms. The maximum atomic E-state index is 4.57. The van der Waals surface area contributed by atoms with Crippen LogP contribution in [0.4, 0.5) is 0 Å². The lowest BCUT2D eigenvalue weighted by Crippen LogP contribution is -1.91. The van der Waals surface area contributed by atoms with E-state index < -0.39 is 0 Å². The van der Waals surface area contributed by atoms with Gasteiger partial charge >= 0.3 is 0 Å². The molecule has 0 saturated carbocycles. The van der Waals surface area contributed by atoms with Crippen molar-refractivity contribution in [3.8, 4) is 33.5 Å². The number of hydrogen-bond donors (Lipinski definition) is 0. The van der Waals surface area contributed by atoms with Crippen molar-refractivity contribution in [2.45, 2.75) is 13.8 Å². The molecule has 0 aliphatic rings. The highest BCUT2D eigenvalue weighted by Gasteiger charge is 2.12. The monoisotopic (exact) mass is 387 g/mol. The van der Waals surface area contributed by atoms with Crippen LogP contribution in [-0.2, 0) is 0 Å².